The predicted molar refractivity (Wildman–Crippen MR) is 50.0 cm³/mol. The second-order valence-corrected chi connectivity index (χ2v) is 3.34. The molecule has 0 fully saturated rings. The molecule has 74 valence electrons. The summed E-state index contributed by atoms with van der Waals surface area (Å²) in [5, 5.41) is 21.1. The van der Waals surface area contributed by atoms with Crippen molar-refractivity contribution in [3.63, 3.8) is 0 Å². The van der Waals surface area contributed by atoms with Crippen molar-refractivity contribution in [2.45, 2.75) is 32.8 Å². The van der Waals surface area contributed by atoms with Crippen LogP contribution >= 0.6 is 0 Å². The molecule has 0 aliphatic rings. The molecule has 0 aliphatic heterocycles. The van der Waals surface area contributed by atoms with E-state index >= 15 is 0 Å². The molecule has 12 heavy (non-hydrogen) atoms. The Morgan fingerprint density at radius 1 is 1.42 bits per heavy atom. The highest BCUT2D eigenvalue weighted by atomic mass is 16.3. The van der Waals surface area contributed by atoms with Crippen LogP contribution in [0.25, 0.3) is 0 Å². The first-order chi connectivity index (χ1) is 5.70. The molecule has 0 aromatic rings. The summed E-state index contributed by atoms with van der Waals surface area (Å²) < 4.78 is 0. The highest BCUT2D eigenvalue weighted by molar-refractivity contribution is 4.58. The van der Waals surface area contributed by atoms with Crippen molar-refractivity contribution in [1.29, 1.82) is 0 Å². The van der Waals surface area contributed by atoms with Gasteiger partial charge in [-0.2, -0.15) is 0 Å². The Kier molecular flexibility index (Phi) is 7.45. The molecule has 3 nitrogen and oxygen atoms in total. The van der Waals surface area contributed by atoms with Gasteiger partial charge in [0.25, 0.3) is 0 Å². The van der Waals surface area contributed by atoms with Crippen LogP contribution in [0.1, 0.15) is 26.7 Å². The molecule has 0 rings (SSSR count). The average molecular weight is 175 g/mol. The zero-order chi connectivity index (χ0) is 9.40. The van der Waals surface area contributed by atoms with E-state index in [1.165, 1.54) is 0 Å². The molecule has 0 aliphatic carbocycles. The fourth-order valence-corrected chi connectivity index (χ4v) is 0.886. The Morgan fingerprint density at radius 2 is 2.08 bits per heavy atom. The Hall–Kier alpha value is -0.120. The van der Waals surface area contributed by atoms with Gasteiger partial charge in [0.2, 0.25) is 0 Å². The standard InChI is InChI=1S/C9H21NO2/c1-3-9(12)4-5-10-6-8(2)7-11/h8-12H,3-7H2,1-2H3. The van der Waals surface area contributed by atoms with Crippen LogP contribution in [-0.4, -0.2) is 36.0 Å². The molecule has 3 N–H and O–H groups in total. The summed E-state index contributed by atoms with van der Waals surface area (Å²) in [6.45, 7) is 5.85. The molecule has 2 unspecified atom stereocenters. The molecule has 0 saturated heterocycles. The summed E-state index contributed by atoms with van der Waals surface area (Å²) in [7, 11) is 0. The maximum absolute atomic E-state index is 9.19. The first-order valence-electron chi connectivity index (χ1n) is 4.70. The SMILES string of the molecule is CCC(O)CCNCC(C)CO. The molecule has 0 aromatic carbocycles. The van der Waals surface area contributed by atoms with Crippen molar-refractivity contribution in [3.05, 3.63) is 0 Å². The van der Waals surface area contributed by atoms with Gasteiger partial charge in [-0.15, -0.1) is 0 Å². The zero-order valence-corrected chi connectivity index (χ0v) is 8.08. The smallest absolute Gasteiger partial charge is 0.0549 e. The number of nitrogens with one attached hydrogen (secondary N) is 1. The van der Waals surface area contributed by atoms with Crippen LogP contribution in [0.4, 0.5) is 0 Å². The topological polar surface area (TPSA) is 52.5 Å². The van der Waals surface area contributed by atoms with Gasteiger partial charge in [0.05, 0.1) is 6.10 Å². The second kappa shape index (κ2) is 7.53. The summed E-state index contributed by atoms with van der Waals surface area (Å²) in [5.74, 6) is 0.309. The van der Waals surface area contributed by atoms with Crippen LogP contribution < -0.4 is 5.32 Å². The van der Waals surface area contributed by atoms with Crippen molar-refractivity contribution < 1.29 is 10.2 Å². The number of hydrogen-bond donors (Lipinski definition) is 3. The predicted octanol–water partition coefficient (Wildman–Crippen LogP) is 0.365. The lowest BCUT2D eigenvalue weighted by atomic mass is 10.2. The van der Waals surface area contributed by atoms with E-state index in [4.69, 9.17) is 5.11 Å². The van der Waals surface area contributed by atoms with Crippen LogP contribution in [-0.2, 0) is 0 Å². The maximum atomic E-state index is 9.19. The minimum atomic E-state index is -0.179. The van der Waals surface area contributed by atoms with Gasteiger partial charge in [-0.3, -0.25) is 0 Å². The van der Waals surface area contributed by atoms with E-state index < -0.39 is 0 Å². The van der Waals surface area contributed by atoms with Gasteiger partial charge < -0.3 is 15.5 Å². The number of aliphatic hydroxyl groups is 2. The first-order valence-corrected chi connectivity index (χ1v) is 4.70. The molecule has 0 spiro atoms. The lowest BCUT2D eigenvalue weighted by Crippen LogP contribution is -2.26. The fourth-order valence-electron chi connectivity index (χ4n) is 0.886. The minimum absolute atomic E-state index is 0.179. The van der Waals surface area contributed by atoms with Crippen LogP contribution in [0.3, 0.4) is 0 Å². The maximum Gasteiger partial charge on any atom is 0.0549 e. The lowest BCUT2D eigenvalue weighted by molar-refractivity contribution is 0.158. The number of rotatable bonds is 7. The molecule has 0 amide bonds. The third-order valence-corrected chi connectivity index (χ3v) is 1.93. The van der Waals surface area contributed by atoms with Gasteiger partial charge >= 0.3 is 0 Å². The molecule has 0 aromatic heterocycles. The Balaban J connectivity index is 3.10. The van der Waals surface area contributed by atoms with Crippen molar-refractivity contribution in [1.82, 2.24) is 5.32 Å². The molecular formula is C9H21NO2. The van der Waals surface area contributed by atoms with Crippen LogP contribution in [0, 0.1) is 5.92 Å². The van der Waals surface area contributed by atoms with Crippen LogP contribution in [0.5, 0.6) is 0 Å². The average Bonchev–Trinajstić information content (AvgIpc) is 2.11. The molecule has 0 heterocycles. The largest absolute Gasteiger partial charge is 0.396 e. The first kappa shape index (κ1) is 11.9. The van der Waals surface area contributed by atoms with Gasteiger partial charge in [0, 0.05) is 6.61 Å². The zero-order valence-electron chi connectivity index (χ0n) is 8.08. The molecular weight excluding hydrogens is 154 g/mol. The summed E-state index contributed by atoms with van der Waals surface area (Å²) >= 11 is 0. The number of aliphatic hydroxyl groups excluding tert-OH is 2. The van der Waals surface area contributed by atoms with Gasteiger partial charge in [0.15, 0.2) is 0 Å². The molecule has 0 saturated carbocycles. The fraction of sp³-hybridized carbons (Fsp3) is 1.00. The quantitative estimate of drug-likeness (QED) is 0.490. The highest BCUT2D eigenvalue weighted by Crippen LogP contribution is 1.95. The Bertz CT molecular complexity index is 86.5. The minimum Gasteiger partial charge on any atom is -0.396 e. The molecule has 3 heteroatoms. The van der Waals surface area contributed by atoms with Crippen molar-refractivity contribution in [2.75, 3.05) is 19.7 Å². The summed E-state index contributed by atoms with van der Waals surface area (Å²) in [5.41, 5.74) is 0. The molecule has 2 atom stereocenters. The van der Waals surface area contributed by atoms with E-state index in [0.717, 1.165) is 25.9 Å². The van der Waals surface area contributed by atoms with E-state index in [1.54, 1.807) is 0 Å². The summed E-state index contributed by atoms with van der Waals surface area (Å²) in [6.07, 6.45) is 1.44. The van der Waals surface area contributed by atoms with Gasteiger partial charge in [-0.25, -0.2) is 0 Å². The van der Waals surface area contributed by atoms with Gasteiger partial charge in [-0.05, 0) is 31.8 Å². The van der Waals surface area contributed by atoms with Gasteiger partial charge in [0.1, 0.15) is 0 Å². The van der Waals surface area contributed by atoms with Crippen molar-refractivity contribution in [3.8, 4) is 0 Å². The second-order valence-electron chi connectivity index (χ2n) is 3.34. The lowest BCUT2D eigenvalue weighted by Gasteiger charge is -2.11. The van der Waals surface area contributed by atoms with Crippen LogP contribution in [0.2, 0.25) is 0 Å². The summed E-state index contributed by atoms with van der Waals surface area (Å²) in [6, 6.07) is 0. The third kappa shape index (κ3) is 6.58. The van der Waals surface area contributed by atoms with Crippen molar-refractivity contribution >= 4 is 0 Å². The van der Waals surface area contributed by atoms with E-state index in [9.17, 15) is 5.11 Å². The van der Waals surface area contributed by atoms with E-state index in [1.807, 2.05) is 13.8 Å². The van der Waals surface area contributed by atoms with Crippen molar-refractivity contribution in [2.24, 2.45) is 5.92 Å². The van der Waals surface area contributed by atoms with E-state index in [-0.39, 0.29) is 12.7 Å². The van der Waals surface area contributed by atoms with Gasteiger partial charge in [-0.1, -0.05) is 13.8 Å². The van der Waals surface area contributed by atoms with E-state index in [2.05, 4.69) is 5.32 Å². The molecule has 0 bridgehead atoms. The normalized spacial score (nSPS) is 16.0. The monoisotopic (exact) mass is 175 g/mol. The molecule has 0 radical (unpaired) electrons. The summed E-state index contributed by atoms with van der Waals surface area (Å²) in [4.78, 5) is 0. The Labute approximate surface area is 74.8 Å². The highest BCUT2D eigenvalue weighted by Gasteiger charge is 2.01. The van der Waals surface area contributed by atoms with Crippen LogP contribution in [0.15, 0.2) is 0 Å². The Morgan fingerprint density at radius 3 is 2.58 bits per heavy atom. The van der Waals surface area contributed by atoms with E-state index in [0.29, 0.717) is 5.92 Å². The third-order valence-electron chi connectivity index (χ3n) is 1.93. The number of hydrogen-bond acceptors (Lipinski definition) is 3.